The Balaban J connectivity index is 2.25. The molecule has 3 N–H and O–H groups in total. The maximum absolute atomic E-state index is 12.2. The number of nitrogens with two attached hydrogens (primary N) is 1. The van der Waals surface area contributed by atoms with Crippen molar-refractivity contribution in [3.63, 3.8) is 0 Å². The average Bonchev–Trinajstić information content (AvgIpc) is 3.03. The summed E-state index contributed by atoms with van der Waals surface area (Å²) in [6.07, 6.45) is -2.75. The van der Waals surface area contributed by atoms with Crippen molar-refractivity contribution in [3.05, 3.63) is 29.8 Å². The van der Waals surface area contributed by atoms with Gasteiger partial charge in [0.1, 0.15) is 5.75 Å². The van der Waals surface area contributed by atoms with E-state index in [-0.39, 0.29) is 17.7 Å². The predicted octanol–water partition coefficient (Wildman–Crippen LogP) is 2.50. The molecule has 1 fully saturated rings. The molecule has 0 aromatic heterocycles. The molecule has 1 aliphatic carbocycles. The van der Waals surface area contributed by atoms with E-state index in [0.29, 0.717) is 5.56 Å². The molecule has 94 valence electrons. The van der Waals surface area contributed by atoms with Crippen LogP contribution in [0.2, 0.25) is 0 Å². The number of ether oxygens (including phenoxy) is 1. The van der Waals surface area contributed by atoms with Crippen LogP contribution in [0.25, 0.3) is 0 Å². The highest BCUT2D eigenvalue weighted by Gasteiger charge is 2.36. The zero-order chi connectivity index (χ0) is 12.5. The van der Waals surface area contributed by atoms with Gasteiger partial charge in [-0.1, -0.05) is 18.2 Å². The number of alkyl halides is 3. The lowest BCUT2D eigenvalue weighted by molar-refractivity contribution is -0.275. The number of hydrogen-bond acceptors (Lipinski definition) is 3. The maximum Gasteiger partial charge on any atom is 0.573 e. The molecule has 2 rings (SSSR count). The molecule has 0 bridgehead atoms. The Morgan fingerprint density at radius 2 is 1.94 bits per heavy atom. The smallest absolute Gasteiger partial charge is 0.405 e. The van der Waals surface area contributed by atoms with Crippen molar-refractivity contribution in [2.45, 2.75) is 25.2 Å². The van der Waals surface area contributed by atoms with Crippen LogP contribution in [0.15, 0.2) is 24.3 Å². The summed E-state index contributed by atoms with van der Waals surface area (Å²) in [5, 5.41) is 0. The number of benzene rings is 1. The monoisotopic (exact) mass is 246 g/mol. The van der Waals surface area contributed by atoms with Crippen molar-refractivity contribution < 1.29 is 17.9 Å². The van der Waals surface area contributed by atoms with Gasteiger partial charge >= 0.3 is 6.36 Å². The van der Waals surface area contributed by atoms with Crippen LogP contribution in [0, 0.1) is 5.92 Å². The zero-order valence-electron chi connectivity index (χ0n) is 9.00. The Bertz CT molecular complexity index is 391. The molecule has 1 atom stereocenters. The number of para-hydroxylation sites is 1. The van der Waals surface area contributed by atoms with Crippen LogP contribution in [0.3, 0.4) is 0 Å². The van der Waals surface area contributed by atoms with E-state index < -0.39 is 6.36 Å². The molecule has 1 aromatic carbocycles. The Labute approximate surface area is 96.7 Å². The van der Waals surface area contributed by atoms with Crippen LogP contribution in [0.1, 0.15) is 24.4 Å². The summed E-state index contributed by atoms with van der Waals surface area (Å²) >= 11 is 0. The number of nitrogens with one attached hydrogen (secondary N) is 1. The molecule has 1 aliphatic rings. The van der Waals surface area contributed by atoms with E-state index >= 15 is 0 Å². The molecular formula is C11H13F3N2O. The summed E-state index contributed by atoms with van der Waals surface area (Å²) in [7, 11) is 0. The van der Waals surface area contributed by atoms with Gasteiger partial charge < -0.3 is 4.74 Å². The van der Waals surface area contributed by atoms with Gasteiger partial charge in [-0.15, -0.1) is 13.2 Å². The van der Waals surface area contributed by atoms with E-state index in [1.807, 2.05) is 0 Å². The second-order valence-corrected chi connectivity index (χ2v) is 4.07. The largest absolute Gasteiger partial charge is 0.573 e. The second-order valence-electron chi connectivity index (χ2n) is 4.07. The summed E-state index contributed by atoms with van der Waals surface area (Å²) in [4.78, 5) is 0. The molecule has 0 spiro atoms. The van der Waals surface area contributed by atoms with Crippen LogP contribution in [-0.4, -0.2) is 6.36 Å². The van der Waals surface area contributed by atoms with Crippen LogP contribution >= 0.6 is 0 Å². The summed E-state index contributed by atoms with van der Waals surface area (Å²) in [6.45, 7) is 0. The van der Waals surface area contributed by atoms with Gasteiger partial charge in [-0.2, -0.15) is 0 Å². The molecule has 0 heterocycles. The number of hydrazine groups is 1. The summed E-state index contributed by atoms with van der Waals surface area (Å²) in [5.41, 5.74) is 3.01. The topological polar surface area (TPSA) is 47.3 Å². The molecule has 1 saturated carbocycles. The van der Waals surface area contributed by atoms with Crippen molar-refractivity contribution in [1.29, 1.82) is 0 Å². The van der Waals surface area contributed by atoms with Crippen molar-refractivity contribution in [2.75, 3.05) is 0 Å². The molecule has 0 aliphatic heterocycles. The van der Waals surface area contributed by atoms with Gasteiger partial charge in [0, 0.05) is 5.56 Å². The fraction of sp³-hybridized carbons (Fsp3) is 0.455. The van der Waals surface area contributed by atoms with Gasteiger partial charge in [-0.25, -0.2) is 0 Å². The third-order valence-electron chi connectivity index (χ3n) is 2.75. The lowest BCUT2D eigenvalue weighted by atomic mass is 10.0. The summed E-state index contributed by atoms with van der Waals surface area (Å²) < 4.78 is 40.7. The van der Waals surface area contributed by atoms with E-state index in [9.17, 15) is 13.2 Å². The van der Waals surface area contributed by atoms with Gasteiger partial charge in [0.15, 0.2) is 0 Å². The van der Waals surface area contributed by atoms with Crippen LogP contribution < -0.4 is 16.0 Å². The quantitative estimate of drug-likeness (QED) is 0.634. The van der Waals surface area contributed by atoms with Gasteiger partial charge in [0.25, 0.3) is 0 Å². The van der Waals surface area contributed by atoms with Crippen LogP contribution in [0.5, 0.6) is 5.75 Å². The third-order valence-corrected chi connectivity index (χ3v) is 2.75. The standard InChI is InChI=1S/C11H13F3N2O/c12-11(13,14)17-9-4-2-1-3-8(9)10(16-15)7-5-6-7/h1-4,7,10,16H,5-6,15H2. The molecule has 1 unspecified atom stereocenters. The summed E-state index contributed by atoms with van der Waals surface area (Å²) in [6, 6.07) is 5.80. The summed E-state index contributed by atoms with van der Waals surface area (Å²) in [5.74, 6) is 5.50. The Morgan fingerprint density at radius 3 is 2.47 bits per heavy atom. The first-order chi connectivity index (χ1) is 8.01. The molecular weight excluding hydrogens is 233 g/mol. The van der Waals surface area contributed by atoms with Crippen molar-refractivity contribution in [2.24, 2.45) is 11.8 Å². The first kappa shape index (κ1) is 12.2. The third kappa shape index (κ3) is 3.10. The van der Waals surface area contributed by atoms with E-state index in [1.54, 1.807) is 12.1 Å². The van der Waals surface area contributed by atoms with Gasteiger partial charge in [-0.05, 0) is 24.8 Å². The molecule has 0 saturated heterocycles. The minimum atomic E-state index is -4.68. The lowest BCUT2D eigenvalue weighted by Gasteiger charge is -2.20. The number of hydrogen-bond donors (Lipinski definition) is 2. The van der Waals surface area contributed by atoms with Crippen molar-refractivity contribution >= 4 is 0 Å². The second kappa shape index (κ2) is 4.54. The predicted molar refractivity (Wildman–Crippen MR) is 55.9 cm³/mol. The average molecular weight is 246 g/mol. The minimum absolute atomic E-state index is 0.185. The maximum atomic E-state index is 12.2. The Morgan fingerprint density at radius 1 is 1.29 bits per heavy atom. The van der Waals surface area contributed by atoms with Crippen molar-refractivity contribution in [1.82, 2.24) is 5.43 Å². The zero-order valence-corrected chi connectivity index (χ0v) is 9.00. The molecule has 1 aromatic rings. The van der Waals surface area contributed by atoms with E-state index in [4.69, 9.17) is 5.84 Å². The van der Waals surface area contributed by atoms with E-state index in [1.165, 1.54) is 12.1 Å². The highest BCUT2D eigenvalue weighted by molar-refractivity contribution is 5.37. The Hall–Kier alpha value is -1.27. The van der Waals surface area contributed by atoms with Crippen LogP contribution in [0.4, 0.5) is 13.2 Å². The van der Waals surface area contributed by atoms with E-state index in [2.05, 4.69) is 10.2 Å². The number of halogens is 3. The SMILES string of the molecule is NNC(c1ccccc1OC(F)(F)F)C1CC1. The highest BCUT2D eigenvalue weighted by atomic mass is 19.4. The molecule has 6 heteroatoms. The van der Waals surface area contributed by atoms with Crippen molar-refractivity contribution in [3.8, 4) is 5.75 Å². The molecule has 0 radical (unpaired) electrons. The van der Waals surface area contributed by atoms with Gasteiger partial charge in [0.05, 0.1) is 6.04 Å². The molecule has 0 amide bonds. The normalized spacial score (nSPS) is 17.9. The van der Waals surface area contributed by atoms with Gasteiger partial charge in [-0.3, -0.25) is 11.3 Å². The molecule has 17 heavy (non-hydrogen) atoms. The highest BCUT2D eigenvalue weighted by Crippen LogP contribution is 2.43. The number of rotatable bonds is 4. The fourth-order valence-electron chi connectivity index (χ4n) is 1.86. The minimum Gasteiger partial charge on any atom is -0.405 e. The first-order valence-electron chi connectivity index (χ1n) is 5.32. The van der Waals surface area contributed by atoms with Crippen LogP contribution in [-0.2, 0) is 0 Å². The Kier molecular flexibility index (Phi) is 3.26. The lowest BCUT2D eigenvalue weighted by Crippen LogP contribution is -2.30. The fourth-order valence-corrected chi connectivity index (χ4v) is 1.86. The first-order valence-corrected chi connectivity index (χ1v) is 5.32. The van der Waals surface area contributed by atoms with E-state index in [0.717, 1.165) is 12.8 Å². The van der Waals surface area contributed by atoms with Gasteiger partial charge in [0.2, 0.25) is 0 Å². The molecule has 3 nitrogen and oxygen atoms in total.